The molecule has 146 valence electrons. The molecular formula is C18H28FN3O3S. The maximum atomic E-state index is 13.6. The molecule has 6 nitrogen and oxygen atoms in total. The number of hydrogen-bond acceptors (Lipinski definition) is 4. The van der Waals surface area contributed by atoms with Gasteiger partial charge in [0, 0.05) is 32.1 Å². The van der Waals surface area contributed by atoms with Crippen molar-refractivity contribution in [2.45, 2.75) is 55.9 Å². The first-order valence-electron chi connectivity index (χ1n) is 9.23. The summed E-state index contributed by atoms with van der Waals surface area (Å²) in [4.78, 5) is 11.4. The molecule has 1 aliphatic carbocycles. The molecule has 8 heteroatoms. The molecule has 3 N–H and O–H groups in total. The van der Waals surface area contributed by atoms with Crippen molar-refractivity contribution in [1.82, 2.24) is 15.4 Å². The molecule has 0 saturated heterocycles. The first-order valence-corrected chi connectivity index (χ1v) is 10.7. The van der Waals surface area contributed by atoms with Crippen LogP contribution in [0.1, 0.15) is 44.9 Å². The quantitative estimate of drug-likeness (QED) is 0.448. The summed E-state index contributed by atoms with van der Waals surface area (Å²) in [5, 5.41) is 6.22. The molecule has 2 rings (SSSR count). The lowest BCUT2D eigenvalue weighted by atomic mass is 10.1. The van der Waals surface area contributed by atoms with E-state index in [4.69, 9.17) is 0 Å². The smallest absolute Gasteiger partial charge is 0.243 e. The third kappa shape index (κ3) is 7.01. The average Bonchev–Trinajstić information content (AvgIpc) is 2.87. The Balaban J connectivity index is 1.62. The summed E-state index contributed by atoms with van der Waals surface area (Å²) in [7, 11) is -3.95. The lowest BCUT2D eigenvalue weighted by Crippen LogP contribution is -2.38. The van der Waals surface area contributed by atoms with E-state index in [1.807, 2.05) is 0 Å². The molecule has 1 aromatic carbocycles. The van der Waals surface area contributed by atoms with E-state index in [9.17, 15) is 17.6 Å². The Morgan fingerprint density at radius 1 is 1.04 bits per heavy atom. The summed E-state index contributed by atoms with van der Waals surface area (Å²) in [6, 6.07) is 5.68. The van der Waals surface area contributed by atoms with Gasteiger partial charge in [-0.1, -0.05) is 37.8 Å². The third-order valence-corrected chi connectivity index (χ3v) is 6.00. The Hall–Kier alpha value is -1.51. The normalized spacial score (nSPS) is 16.2. The van der Waals surface area contributed by atoms with Gasteiger partial charge in [-0.2, -0.15) is 0 Å². The average molecular weight is 386 g/mol. The molecule has 0 heterocycles. The summed E-state index contributed by atoms with van der Waals surface area (Å²) in [6.07, 6.45) is 7.50. The zero-order chi connectivity index (χ0) is 18.8. The van der Waals surface area contributed by atoms with Crippen molar-refractivity contribution < 1.29 is 17.6 Å². The largest absolute Gasteiger partial charge is 0.355 e. The standard InChI is InChI=1S/C18H28FN3O3S/c19-16-9-5-6-10-17(16)26(24,25)22-12-11-18(23)21-14-13-20-15-7-3-1-2-4-8-15/h5-6,9-10,15,20,22H,1-4,7-8,11-14H2,(H,21,23). The highest BCUT2D eigenvalue weighted by Crippen LogP contribution is 2.16. The molecule has 1 saturated carbocycles. The maximum Gasteiger partial charge on any atom is 0.243 e. The van der Waals surface area contributed by atoms with Gasteiger partial charge in [0.2, 0.25) is 15.9 Å². The van der Waals surface area contributed by atoms with Crippen molar-refractivity contribution in [2.75, 3.05) is 19.6 Å². The lowest BCUT2D eigenvalue weighted by Gasteiger charge is -2.16. The third-order valence-electron chi connectivity index (χ3n) is 4.51. The zero-order valence-corrected chi connectivity index (χ0v) is 15.8. The van der Waals surface area contributed by atoms with E-state index < -0.39 is 20.7 Å². The van der Waals surface area contributed by atoms with Crippen molar-refractivity contribution in [2.24, 2.45) is 0 Å². The molecule has 1 aromatic rings. The summed E-state index contributed by atoms with van der Waals surface area (Å²) in [5.41, 5.74) is 0. The van der Waals surface area contributed by atoms with Crippen LogP contribution in [0.3, 0.4) is 0 Å². The highest BCUT2D eigenvalue weighted by molar-refractivity contribution is 7.89. The molecule has 26 heavy (non-hydrogen) atoms. The Kier molecular flexibility index (Phi) is 8.47. The number of benzene rings is 1. The van der Waals surface area contributed by atoms with Crippen LogP contribution >= 0.6 is 0 Å². The highest BCUT2D eigenvalue weighted by atomic mass is 32.2. The van der Waals surface area contributed by atoms with Gasteiger partial charge < -0.3 is 10.6 Å². The van der Waals surface area contributed by atoms with E-state index in [2.05, 4.69) is 15.4 Å². The number of hydrogen-bond donors (Lipinski definition) is 3. The number of amides is 1. The van der Waals surface area contributed by atoms with E-state index in [0.29, 0.717) is 19.1 Å². The van der Waals surface area contributed by atoms with Gasteiger partial charge in [0.05, 0.1) is 0 Å². The van der Waals surface area contributed by atoms with Gasteiger partial charge in [0.15, 0.2) is 0 Å². The van der Waals surface area contributed by atoms with Crippen molar-refractivity contribution >= 4 is 15.9 Å². The number of halogens is 1. The summed E-state index contributed by atoms with van der Waals surface area (Å²) >= 11 is 0. The van der Waals surface area contributed by atoms with Crippen LogP contribution in [0, 0.1) is 5.82 Å². The van der Waals surface area contributed by atoms with Gasteiger partial charge in [-0.3, -0.25) is 4.79 Å². The minimum Gasteiger partial charge on any atom is -0.355 e. The fourth-order valence-electron chi connectivity index (χ4n) is 3.09. The van der Waals surface area contributed by atoms with Crippen molar-refractivity contribution in [3.8, 4) is 0 Å². The molecule has 1 amide bonds. The summed E-state index contributed by atoms with van der Waals surface area (Å²) < 4.78 is 39.8. The van der Waals surface area contributed by atoms with Gasteiger partial charge in [0.25, 0.3) is 0 Å². The van der Waals surface area contributed by atoms with Gasteiger partial charge in [-0.05, 0) is 25.0 Å². The molecule has 0 bridgehead atoms. The second-order valence-corrected chi connectivity index (χ2v) is 8.31. The van der Waals surface area contributed by atoms with E-state index >= 15 is 0 Å². The van der Waals surface area contributed by atoms with E-state index in [0.717, 1.165) is 6.07 Å². The Morgan fingerprint density at radius 3 is 2.42 bits per heavy atom. The second kappa shape index (κ2) is 10.6. The first kappa shape index (κ1) is 20.8. The monoisotopic (exact) mass is 385 g/mol. The number of carbonyl (C=O) groups is 1. The minimum absolute atomic E-state index is 0.0110. The summed E-state index contributed by atoms with van der Waals surface area (Å²) in [5.74, 6) is -1.04. The van der Waals surface area contributed by atoms with Crippen LogP contribution in [-0.2, 0) is 14.8 Å². The van der Waals surface area contributed by atoms with Crippen LogP contribution in [-0.4, -0.2) is 40.0 Å². The van der Waals surface area contributed by atoms with Gasteiger partial charge in [-0.25, -0.2) is 17.5 Å². The molecule has 0 aliphatic heterocycles. The second-order valence-electron chi connectivity index (χ2n) is 6.57. The molecule has 0 atom stereocenters. The van der Waals surface area contributed by atoms with Crippen LogP contribution in [0.4, 0.5) is 4.39 Å². The van der Waals surface area contributed by atoms with Gasteiger partial charge in [0.1, 0.15) is 10.7 Å². The fourth-order valence-corrected chi connectivity index (χ4v) is 4.20. The first-order chi connectivity index (χ1) is 12.5. The van der Waals surface area contributed by atoms with E-state index in [1.165, 1.54) is 56.7 Å². The number of nitrogens with one attached hydrogen (secondary N) is 3. The van der Waals surface area contributed by atoms with Crippen LogP contribution in [0.2, 0.25) is 0 Å². The highest BCUT2D eigenvalue weighted by Gasteiger charge is 2.18. The fraction of sp³-hybridized carbons (Fsp3) is 0.611. The topological polar surface area (TPSA) is 87.3 Å². The Labute approximate surface area is 155 Å². The molecule has 1 fully saturated rings. The number of carbonyl (C=O) groups excluding carboxylic acids is 1. The van der Waals surface area contributed by atoms with Crippen molar-refractivity contribution in [1.29, 1.82) is 0 Å². The van der Waals surface area contributed by atoms with Crippen molar-refractivity contribution in [3.63, 3.8) is 0 Å². The number of sulfonamides is 1. The number of rotatable bonds is 9. The van der Waals surface area contributed by atoms with Crippen molar-refractivity contribution in [3.05, 3.63) is 30.1 Å². The summed E-state index contributed by atoms with van der Waals surface area (Å²) in [6.45, 7) is 1.14. The molecule has 0 radical (unpaired) electrons. The van der Waals surface area contributed by atoms with E-state index in [1.54, 1.807) is 0 Å². The molecule has 1 aliphatic rings. The van der Waals surface area contributed by atoms with Crippen LogP contribution in [0.5, 0.6) is 0 Å². The van der Waals surface area contributed by atoms with Crippen LogP contribution < -0.4 is 15.4 Å². The molecule has 0 spiro atoms. The lowest BCUT2D eigenvalue weighted by molar-refractivity contribution is -0.120. The molecular weight excluding hydrogens is 357 g/mol. The predicted octanol–water partition coefficient (Wildman–Crippen LogP) is 1.92. The Bertz CT molecular complexity index is 674. The predicted molar refractivity (Wildman–Crippen MR) is 98.7 cm³/mol. The van der Waals surface area contributed by atoms with E-state index in [-0.39, 0.29) is 18.9 Å². The molecule has 0 aromatic heterocycles. The van der Waals surface area contributed by atoms with Gasteiger partial charge in [-0.15, -0.1) is 0 Å². The SMILES string of the molecule is O=C(CCNS(=O)(=O)c1ccccc1F)NCCNC1CCCCCC1. The Morgan fingerprint density at radius 2 is 1.73 bits per heavy atom. The minimum atomic E-state index is -3.95. The maximum absolute atomic E-state index is 13.6. The van der Waals surface area contributed by atoms with Crippen LogP contribution in [0.15, 0.2) is 29.2 Å². The zero-order valence-electron chi connectivity index (χ0n) is 15.0. The van der Waals surface area contributed by atoms with Crippen LogP contribution in [0.25, 0.3) is 0 Å². The molecule has 0 unspecified atom stereocenters. The van der Waals surface area contributed by atoms with Gasteiger partial charge >= 0.3 is 0 Å².